The van der Waals surface area contributed by atoms with Crippen molar-refractivity contribution in [1.82, 2.24) is 0 Å². The minimum Gasteiger partial charge on any atom is -0.481 e. The predicted octanol–water partition coefficient (Wildman–Crippen LogP) is 4.25. The SMILES string of the molecule is CCCCCCCCC(C)CCC(=O)OC(CC(=O)O)C[N+](C)(C)C. The van der Waals surface area contributed by atoms with E-state index in [1.165, 1.54) is 38.5 Å². The van der Waals surface area contributed by atoms with E-state index in [-0.39, 0.29) is 12.4 Å². The summed E-state index contributed by atoms with van der Waals surface area (Å²) in [7, 11) is 5.89. The Morgan fingerprint density at radius 1 is 1.00 bits per heavy atom. The molecule has 148 valence electrons. The summed E-state index contributed by atoms with van der Waals surface area (Å²) in [6.45, 7) is 4.91. The molecule has 0 aromatic carbocycles. The molecule has 0 spiro atoms. The molecule has 0 saturated heterocycles. The maximum absolute atomic E-state index is 12.1. The fourth-order valence-electron chi connectivity index (χ4n) is 2.98. The Hall–Kier alpha value is -1.10. The van der Waals surface area contributed by atoms with E-state index in [9.17, 15) is 9.59 Å². The zero-order chi connectivity index (χ0) is 19.3. The van der Waals surface area contributed by atoms with Gasteiger partial charge in [-0.25, -0.2) is 0 Å². The molecule has 1 N–H and O–H groups in total. The van der Waals surface area contributed by atoms with Crippen LogP contribution in [0.25, 0.3) is 0 Å². The summed E-state index contributed by atoms with van der Waals surface area (Å²) < 4.78 is 5.99. The number of ether oxygens (including phenoxy) is 1. The quantitative estimate of drug-likeness (QED) is 0.270. The lowest BCUT2D eigenvalue weighted by atomic mass is 9.97. The molecule has 0 aliphatic carbocycles. The Kier molecular flexibility index (Phi) is 12.6. The third-order valence-electron chi connectivity index (χ3n) is 4.34. The van der Waals surface area contributed by atoms with E-state index in [4.69, 9.17) is 9.84 Å². The molecule has 0 amide bonds. The molecule has 0 aromatic rings. The first-order valence-corrected chi connectivity index (χ1v) is 9.85. The number of carboxylic acid groups (broad SMARTS) is 1. The van der Waals surface area contributed by atoms with Crippen molar-refractivity contribution in [3.05, 3.63) is 0 Å². The van der Waals surface area contributed by atoms with Gasteiger partial charge in [0.05, 0.1) is 27.6 Å². The Bertz CT molecular complexity index is 376. The summed E-state index contributed by atoms with van der Waals surface area (Å²) in [6, 6.07) is 0. The Morgan fingerprint density at radius 3 is 2.16 bits per heavy atom. The fourth-order valence-corrected chi connectivity index (χ4v) is 2.98. The highest BCUT2D eigenvalue weighted by Crippen LogP contribution is 2.17. The number of hydrogen-bond donors (Lipinski definition) is 1. The van der Waals surface area contributed by atoms with Crippen LogP contribution in [-0.4, -0.2) is 55.3 Å². The lowest BCUT2D eigenvalue weighted by Gasteiger charge is -2.28. The van der Waals surface area contributed by atoms with Gasteiger partial charge in [-0.1, -0.05) is 58.8 Å². The molecule has 5 nitrogen and oxygen atoms in total. The maximum Gasteiger partial charge on any atom is 0.307 e. The average Bonchev–Trinajstić information content (AvgIpc) is 2.46. The third-order valence-corrected chi connectivity index (χ3v) is 4.34. The Balaban J connectivity index is 4.02. The number of rotatable bonds is 15. The highest BCUT2D eigenvalue weighted by Gasteiger charge is 2.24. The molecule has 0 bridgehead atoms. The molecular formula is C20H40NO4+. The molecule has 0 aliphatic heterocycles. The molecule has 0 saturated carbocycles. The van der Waals surface area contributed by atoms with Crippen molar-refractivity contribution in [1.29, 1.82) is 0 Å². The van der Waals surface area contributed by atoms with Gasteiger partial charge in [0.1, 0.15) is 6.54 Å². The van der Waals surface area contributed by atoms with Gasteiger partial charge in [0.25, 0.3) is 0 Å². The number of esters is 1. The van der Waals surface area contributed by atoms with Crippen molar-refractivity contribution >= 4 is 11.9 Å². The number of unbranched alkanes of at least 4 members (excludes halogenated alkanes) is 5. The van der Waals surface area contributed by atoms with E-state index in [2.05, 4.69) is 13.8 Å². The minimum absolute atomic E-state index is 0.130. The van der Waals surface area contributed by atoms with Crippen LogP contribution in [0.3, 0.4) is 0 Å². The molecular weight excluding hydrogens is 318 g/mol. The summed E-state index contributed by atoms with van der Waals surface area (Å²) in [6.07, 6.45) is 9.40. The van der Waals surface area contributed by atoms with Gasteiger partial charge in [-0.2, -0.15) is 0 Å². The third kappa shape index (κ3) is 16.1. The van der Waals surface area contributed by atoms with Crippen molar-refractivity contribution in [2.45, 2.75) is 84.2 Å². The van der Waals surface area contributed by atoms with Crippen LogP contribution in [0.15, 0.2) is 0 Å². The van der Waals surface area contributed by atoms with Gasteiger partial charge in [-0.05, 0) is 12.3 Å². The van der Waals surface area contributed by atoms with E-state index in [0.717, 1.165) is 12.8 Å². The number of aliphatic carboxylic acids is 1. The van der Waals surface area contributed by atoms with Gasteiger partial charge in [-0.3, -0.25) is 9.59 Å². The zero-order valence-corrected chi connectivity index (χ0v) is 17.1. The van der Waals surface area contributed by atoms with Crippen LogP contribution in [0.1, 0.15) is 78.1 Å². The number of carbonyl (C=O) groups is 2. The van der Waals surface area contributed by atoms with Gasteiger partial charge in [0.15, 0.2) is 6.10 Å². The topological polar surface area (TPSA) is 63.6 Å². The number of quaternary nitrogens is 1. The van der Waals surface area contributed by atoms with E-state index >= 15 is 0 Å². The van der Waals surface area contributed by atoms with Crippen molar-refractivity contribution in [2.24, 2.45) is 5.92 Å². The maximum atomic E-state index is 12.1. The summed E-state index contributed by atoms with van der Waals surface area (Å²) in [5, 5.41) is 8.99. The molecule has 0 heterocycles. The first kappa shape index (κ1) is 23.9. The molecule has 0 fully saturated rings. The predicted molar refractivity (Wildman–Crippen MR) is 101 cm³/mol. The van der Waals surface area contributed by atoms with Crippen molar-refractivity contribution in [3.63, 3.8) is 0 Å². The van der Waals surface area contributed by atoms with Gasteiger partial charge in [0.2, 0.25) is 0 Å². The lowest BCUT2D eigenvalue weighted by molar-refractivity contribution is -0.873. The van der Waals surface area contributed by atoms with E-state index < -0.39 is 12.1 Å². The normalized spacial score (nSPS) is 14.1. The average molecular weight is 359 g/mol. The largest absolute Gasteiger partial charge is 0.481 e. The van der Waals surface area contributed by atoms with Crippen LogP contribution in [0.5, 0.6) is 0 Å². The number of nitrogens with zero attached hydrogens (tertiary/aromatic N) is 1. The zero-order valence-electron chi connectivity index (χ0n) is 17.1. The number of carbonyl (C=O) groups excluding carboxylic acids is 1. The second-order valence-corrected chi connectivity index (χ2v) is 8.38. The first-order chi connectivity index (χ1) is 11.6. The van der Waals surface area contributed by atoms with E-state index in [0.29, 0.717) is 23.4 Å². The molecule has 0 aliphatic rings. The number of carboxylic acids is 1. The van der Waals surface area contributed by atoms with Crippen molar-refractivity contribution < 1.29 is 23.9 Å². The highest BCUT2D eigenvalue weighted by molar-refractivity contribution is 5.71. The smallest absolute Gasteiger partial charge is 0.307 e. The van der Waals surface area contributed by atoms with Crippen LogP contribution < -0.4 is 0 Å². The molecule has 25 heavy (non-hydrogen) atoms. The van der Waals surface area contributed by atoms with Crippen LogP contribution >= 0.6 is 0 Å². The first-order valence-electron chi connectivity index (χ1n) is 9.85. The van der Waals surface area contributed by atoms with Crippen molar-refractivity contribution in [2.75, 3.05) is 27.7 Å². The standard InChI is InChI=1S/C20H39NO4/c1-6-7-8-9-10-11-12-17(2)13-14-20(24)25-18(15-19(22)23)16-21(3,4)5/h17-18H,6-16H2,1-5H3/p+1. The van der Waals surface area contributed by atoms with Gasteiger partial charge >= 0.3 is 11.9 Å². The molecule has 2 unspecified atom stereocenters. The summed E-state index contributed by atoms with van der Waals surface area (Å²) >= 11 is 0. The molecule has 0 radical (unpaired) electrons. The molecule has 2 atom stereocenters. The summed E-state index contributed by atoms with van der Waals surface area (Å²) in [5.41, 5.74) is 0. The fraction of sp³-hybridized carbons (Fsp3) is 0.900. The molecule has 5 heteroatoms. The van der Waals surface area contributed by atoms with Gasteiger partial charge in [-0.15, -0.1) is 0 Å². The van der Waals surface area contributed by atoms with Gasteiger partial charge < -0.3 is 14.3 Å². The van der Waals surface area contributed by atoms with Crippen LogP contribution in [0.4, 0.5) is 0 Å². The van der Waals surface area contributed by atoms with Crippen LogP contribution in [0, 0.1) is 5.92 Å². The summed E-state index contributed by atoms with van der Waals surface area (Å²) in [4.78, 5) is 23.0. The monoisotopic (exact) mass is 358 g/mol. The van der Waals surface area contributed by atoms with Gasteiger partial charge in [0, 0.05) is 6.42 Å². The minimum atomic E-state index is -0.928. The second kappa shape index (κ2) is 13.2. The number of likely N-dealkylation sites (N-methyl/N-ethyl adjacent to an activating group) is 1. The van der Waals surface area contributed by atoms with Crippen molar-refractivity contribution in [3.8, 4) is 0 Å². The lowest BCUT2D eigenvalue weighted by Crippen LogP contribution is -2.43. The Labute approximate surface area is 154 Å². The van der Waals surface area contributed by atoms with E-state index in [1.807, 2.05) is 21.1 Å². The van der Waals surface area contributed by atoms with E-state index in [1.54, 1.807) is 0 Å². The highest BCUT2D eigenvalue weighted by atomic mass is 16.5. The molecule has 0 rings (SSSR count). The summed E-state index contributed by atoms with van der Waals surface area (Å²) in [5.74, 6) is -0.688. The van der Waals surface area contributed by atoms with Crippen LogP contribution in [0.2, 0.25) is 0 Å². The van der Waals surface area contributed by atoms with Crippen LogP contribution in [-0.2, 0) is 14.3 Å². The number of hydrogen-bond acceptors (Lipinski definition) is 3. The second-order valence-electron chi connectivity index (χ2n) is 8.38. The Morgan fingerprint density at radius 2 is 1.60 bits per heavy atom. The molecule has 0 aromatic heterocycles.